The average Bonchev–Trinajstić information content (AvgIpc) is 2.82. The maximum absolute atomic E-state index is 13.0. The zero-order valence-corrected chi connectivity index (χ0v) is 20.3. The lowest BCUT2D eigenvalue weighted by Crippen LogP contribution is -2.51. The fourth-order valence-electron chi connectivity index (χ4n) is 4.64. The van der Waals surface area contributed by atoms with Gasteiger partial charge in [0.05, 0.1) is 19.8 Å². The third-order valence-corrected chi connectivity index (χ3v) is 8.62. The zero-order chi connectivity index (χ0) is 23.4. The van der Waals surface area contributed by atoms with Gasteiger partial charge in [0.25, 0.3) is 16.1 Å². The van der Waals surface area contributed by atoms with Crippen molar-refractivity contribution in [2.45, 2.75) is 38.5 Å². The Morgan fingerprint density at radius 1 is 1.16 bits per heavy atom. The summed E-state index contributed by atoms with van der Waals surface area (Å²) in [5, 5.41) is 3.12. The quantitative estimate of drug-likeness (QED) is 0.597. The van der Waals surface area contributed by atoms with E-state index in [0.717, 1.165) is 19.3 Å². The maximum Gasteiger partial charge on any atom is 0.281 e. The fraction of sp³-hybridized carbons (Fsp3) is 0.609. The largest absolute Gasteiger partial charge is 0.497 e. The summed E-state index contributed by atoms with van der Waals surface area (Å²) in [6, 6.07) is 5.13. The summed E-state index contributed by atoms with van der Waals surface area (Å²) in [5.41, 5.74) is 1.58. The van der Waals surface area contributed by atoms with Gasteiger partial charge in [-0.1, -0.05) is 11.6 Å². The average molecular weight is 466 g/mol. The SMILES string of the molecule is COc1ccc(C(=O)NCC2(C3=CCCCC3)CCN(S(=O)(=O)N(C)C)CC2)c(OC)c1. The molecule has 1 aliphatic carbocycles. The van der Waals surface area contributed by atoms with E-state index in [2.05, 4.69) is 11.4 Å². The van der Waals surface area contributed by atoms with E-state index in [1.807, 2.05) is 0 Å². The van der Waals surface area contributed by atoms with E-state index in [0.29, 0.717) is 49.5 Å². The number of amides is 1. The van der Waals surface area contributed by atoms with Gasteiger partial charge in [-0.2, -0.15) is 17.0 Å². The molecule has 0 bridgehead atoms. The lowest BCUT2D eigenvalue weighted by molar-refractivity contribution is 0.0912. The molecule has 3 rings (SSSR count). The van der Waals surface area contributed by atoms with Gasteiger partial charge in [-0.25, -0.2) is 0 Å². The van der Waals surface area contributed by atoms with Crippen LogP contribution in [0.15, 0.2) is 29.8 Å². The number of benzene rings is 1. The van der Waals surface area contributed by atoms with E-state index in [4.69, 9.17) is 9.47 Å². The van der Waals surface area contributed by atoms with Gasteiger partial charge in [-0.15, -0.1) is 0 Å². The van der Waals surface area contributed by atoms with Crippen LogP contribution in [-0.2, 0) is 10.2 Å². The normalized spacial score (nSPS) is 19.3. The maximum atomic E-state index is 13.0. The highest BCUT2D eigenvalue weighted by Crippen LogP contribution is 2.43. The van der Waals surface area contributed by atoms with Crippen molar-refractivity contribution < 1.29 is 22.7 Å². The molecular weight excluding hydrogens is 430 g/mol. The third kappa shape index (κ3) is 5.10. The Bertz CT molecular complexity index is 950. The minimum atomic E-state index is -3.44. The number of ether oxygens (including phenoxy) is 2. The minimum Gasteiger partial charge on any atom is -0.497 e. The number of piperidine rings is 1. The van der Waals surface area contributed by atoms with Crippen LogP contribution in [0.5, 0.6) is 11.5 Å². The van der Waals surface area contributed by atoms with Crippen LogP contribution in [0.1, 0.15) is 48.9 Å². The first-order chi connectivity index (χ1) is 15.2. The van der Waals surface area contributed by atoms with Gasteiger partial charge >= 0.3 is 0 Å². The van der Waals surface area contributed by atoms with Crippen LogP contribution in [0, 0.1) is 5.41 Å². The van der Waals surface area contributed by atoms with Crippen LogP contribution in [0.25, 0.3) is 0 Å². The van der Waals surface area contributed by atoms with Gasteiger partial charge in [0.1, 0.15) is 11.5 Å². The van der Waals surface area contributed by atoms with Gasteiger partial charge in [-0.3, -0.25) is 4.79 Å². The molecule has 1 aromatic carbocycles. The molecule has 1 aromatic rings. The van der Waals surface area contributed by atoms with Crippen molar-refractivity contribution in [3.8, 4) is 11.5 Å². The van der Waals surface area contributed by atoms with Gasteiger partial charge in [0, 0.05) is 45.2 Å². The molecule has 0 aromatic heterocycles. The molecule has 2 aliphatic rings. The number of rotatable bonds is 8. The van der Waals surface area contributed by atoms with E-state index in [-0.39, 0.29) is 11.3 Å². The Morgan fingerprint density at radius 3 is 2.44 bits per heavy atom. The molecule has 0 radical (unpaired) electrons. The standard InChI is InChI=1S/C23H35N3O5S/c1-25(2)32(28,29)26-14-12-23(13-15-26,18-8-6-5-7-9-18)17-24-22(27)20-11-10-19(30-3)16-21(20)31-4/h8,10-11,16H,5-7,9,12-15,17H2,1-4H3,(H,24,27). The first kappa shape index (κ1) is 24.5. The van der Waals surface area contributed by atoms with E-state index in [9.17, 15) is 13.2 Å². The molecule has 1 fully saturated rings. The number of carbonyl (C=O) groups is 1. The Hall–Kier alpha value is -2.10. The number of nitrogens with one attached hydrogen (secondary N) is 1. The Balaban J connectivity index is 1.78. The summed E-state index contributed by atoms with van der Waals surface area (Å²) in [4.78, 5) is 13.0. The monoisotopic (exact) mass is 465 g/mol. The van der Waals surface area contributed by atoms with Crippen LogP contribution in [0.4, 0.5) is 0 Å². The van der Waals surface area contributed by atoms with Gasteiger partial charge < -0.3 is 14.8 Å². The molecule has 0 saturated carbocycles. The number of hydrogen-bond donors (Lipinski definition) is 1. The lowest BCUT2D eigenvalue weighted by Gasteiger charge is -2.44. The summed E-state index contributed by atoms with van der Waals surface area (Å²) in [5.74, 6) is 0.875. The summed E-state index contributed by atoms with van der Waals surface area (Å²) in [6.45, 7) is 1.36. The second-order valence-corrected chi connectivity index (χ2v) is 10.8. The Morgan fingerprint density at radius 2 is 1.88 bits per heavy atom. The highest BCUT2D eigenvalue weighted by atomic mass is 32.2. The predicted octanol–water partition coefficient (Wildman–Crippen LogP) is 2.82. The van der Waals surface area contributed by atoms with Crippen molar-refractivity contribution >= 4 is 16.1 Å². The highest BCUT2D eigenvalue weighted by molar-refractivity contribution is 7.86. The van der Waals surface area contributed by atoms with Crippen LogP contribution in [0.3, 0.4) is 0 Å². The molecule has 1 aliphatic heterocycles. The molecule has 1 saturated heterocycles. The van der Waals surface area contributed by atoms with E-state index in [1.54, 1.807) is 43.7 Å². The molecule has 1 N–H and O–H groups in total. The van der Waals surface area contributed by atoms with Crippen molar-refractivity contribution in [3.05, 3.63) is 35.4 Å². The summed E-state index contributed by atoms with van der Waals surface area (Å²) < 4.78 is 38.6. The van der Waals surface area contributed by atoms with E-state index < -0.39 is 10.2 Å². The molecule has 32 heavy (non-hydrogen) atoms. The minimum absolute atomic E-state index is 0.205. The number of hydrogen-bond acceptors (Lipinski definition) is 5. The molecule has 178 valence electrons. The van der Waals surface area contributed by atoms with Crippen LogP contribution >= 0.6 is 0 Å². The number of carbonyl (C=O) groups excluding carboxylic acids is 1. The third-order valence-electron chi connectivity index (χ3n) is 6.68. The Labute approximate surface area is 191 Å². The molecule has 1 heterocycles. The van der Waals surface area contributed by atoms with Crippen molar-refractivity contribution in [1.29, 1.82) is 0 Å². The van der Waals surface area contributed by atoms with Crippen LogP contribution in [-0.4, -0.2) is 70.9 Å². The van der Waals surface area contributed by atoms with E-state index in [1.165, 1.54) is 23.4 Å². The lowest BCUT2D eigenvalue weighted by atomic mass is 9.69. The summed E-state index contributed by atoms with van der Waals surface area (Å²) in [6.07, 6.45) is 8.03. The smallest absolute Gasteiger partial charge is 0.281 e. The summed E-state index contributed by atoms with van der Waals surface area (Å²) in [7, 11) is 2.78. The fourth-order valence-corrected chi connectivity index (χ4v) is 5.74. The second-order valence-electron chi connectivity index (χ2n) is 8.69. The van der Waals surface area contributed by atoms with Crippen LogP contribution < -0.4 is 14.8 Å². The Kier molecular flexibility index (Phi) is 7.84. The van der Waals surface area contributed by atoms with Gasteiger partial charge in [-0.05, 0) is 50.7 Å². The predicted molar refractivity (Wildman–Crippen MR) is 124 cm³/mol. The first-order valence-electron chi connectivity index (χ1n) is 11.1. The summed E-state index contributed by atoms with van der Waals surface area (Å²) >= 11 is 0. The number of allylic oxidation sites excluding steroid dienone is 1. The molecular formula is C23H35N3O5S. The first-order valence-corrected chi connectivity index (χ1v) is 12.5. The molecule has 1 amide bonds. The second kappa shape index (κ2) is 10.2. The van der Waals surface area contributed by atoms with Crippen molar-refractivity contribution in [2.75, 3.05) is 47.9 Å². The molecule has 0 spiro atoms. The van der Waals surface area contributed by atoms with Crippen molar-refractivity contribution in [2.24, 2.45) is 5.41 Å². The molecule has 9 heteroatoms. The zero-order valence-electron chi connectivity index (χ0n) is 19.5. The van der Waals surface area contributed by atoms with Crippen LogP contribution in [0.2, 0.25) is 0 Å². The van der Waals surface area contributed by atoms with Gasteiger partial charge in [0.15, 0.2) is 0 Å². The number of methoxy groups -OCH3 is 2. The van der Waals surface area contributed by atoms with Crippen molar-refractivity contribution in [1.82, 2.24) is 13.9 Å². The molecule has 8 nitrogen and oxygen atoms in total. The van der Waals surface area contributed by atoms with E-state index >= 15 is 0 Å². The number of nitrogens with zero attached hydrogens (tertiary/aromatic N) is 2. The topological polar surface area (TPSA) is 88.2 Å². The van der Waals surface area contributed by atoms with Crippen molar-refractivity contribution in [3.63, 3.8) is 0 Å². The molecule has 0 unspecified atom stereocenters. The molecule has 0 atom stereocenters. The van der Waals surface area contributed by atoms with Gasteiger partial charge in [0.2, 0.25) is 0 Å². The highest BCUT2D eigenvalue weighted by Gasteiger charge is 2.41.